The normalized spacial score (nSPS) is 14.3. The average molecular weight is 286 g/mol. The molecule has 0 aromatic carbocycles. The lowest BCUT2D eigenvalue weighted by Crippen LogP contribution is -2.43. The fourth-order valence-electron chi connectivity index (χ4n) is 1.81. The fraction of sp³-hybridized carbons (Fsp3) is 0.857. The first-order valence-corrected chi connectivity index (χ1v) is 7.34. The SMILES string of the molecule is CC(C)CCOCCNC(=O)N(CCC(=O)O)C1CC1. The molecule has 2 amide bonds. The summed E-state index contributed by atoms with van der Waals surface area (Å²) in [5.74, 6) is -0.258. The molecule has 1 fully saturated rings. The molecule has 20 heavy (non-hydrogen) atoms. The number of carboxylic acids is 1. The molecule has 2 N–H and O–H groups in total. The minimum absolute atomic E-state index is 0.00515. The highest BCUT2D eigenvalue weighted by Crippen LogP contribution is 2.26. The molecular formula is C14H26N2O4. The number of rotatable bonds is 10. The van der Waals surface area contributed by atoms with E-state index >= 15 is 0 Å². The number of hydrogen-bond acceptors (Lipinski definition) is 3. The van der Waals surface area contributed by atoms with Crippen LogP contribution in [0.15, 0.2) is 0 Å². The second-order valence-electron chi connectivity index (χ2n) is 5.60. The van der Waals surface area contributed by atoms with E-state index in [2.05, 4.69) is 19.2 Å². The van der Waals surface area contributed by atoms with Gasteiger partial charge in [0.15, 0.2) is 0 Å². The summed E-state index contributed by atoms with van der Waals surface area (Å²) in [6, 6.07) is 0.0393. The predicted molar refractivity (Wildman–Crippen MR) is 75.7 cm³/mol. The highest BCUT2D eigenvalue weighted by molar-refractivity contribution is 5.76. The van der Waals surface area contributed by atoms with Crippen LogP contribution in [-0.2, 0) is 9.53 Å². The van der Waals surface area contributed by atoms with E-state index in [0.717, 1.165) is 19.3 Å². The molecule has 0 aromatic heterocycles. The lowest BCUT2D eigenvalue weighted by atomic mass is 10.1. The van der Waals surface area contributed by atoms with Gasteiger partial charge in [0.2, 0.25) is 0 Å². The van der Waals surface area contributed by atoms with Crippen LogP contribution < -0.4 is 5.32 Å². The molecule has 0 atom stereocenters. The summed E-state index contributed by atoms with van der Waals surface area (Å²) in [6.07, 6.45) is 2.95. The van der Waals surface area contributed by atoms with E-state index in [0.29, 0.717) is 25.7 Å². The number of aliphatic carboxylic acids is 1. The van der Waals surface area contributed by atoms with Crippen molar-refractivity contribution in [2.45, 2.75) is 45.6 Å². The fourth-order valence-corrected chi connectivity index (χ4v) is 1.81. The van der Waals surface area contributed by atoms with Crippen molar-refractivity contribution in [3.05, 3.63) is 0 Å². The number of urea groups is 1. The Morgan fingerprint density at radius 3 is 2.60 bits per heavy atom. The maximum absolute atomic E-state index is 11.9. The van der Waals surface area contributed by atoms with Crippen LogP contribution in [0.4, 0.5) is 4.79 Å². The molecular weight excluding hydrogens is 260 g/mol. The van der Waals surface area contributed by atoms with E-state index in [9.17, 15) is 9.59 Å². The van der Waals surface area contributed by atoms with E-state index in [1.807, 2.05) is 0 Å². The van der Waals surface area contributed by atoms with Crippen molar-refractivity contribution < 1.29 is 19.4 Å². The summed E-state index contributed by atoms with van der Waals surface area (Å²) < 4.78 is 5.42. The van der Waals surface area contributed by atoms with Gasteiger partial charge in [-0.1, -0.05) is 13.8 Å². The van der Waals surface area contributed by atoms with Crippen molar-refractivity contribution in [2.75, 3.05) is 26.3 Å². The Hall–Kier alpha value is -1.30. The largest absolute Gasteiger partial charge is 0.481 e. The topological polar surface area (TPSA) is 78.9 Å². The van der Waals surface area contributed by atoms with Gasteiger partial charge in [-0.15, -0.1) is 0 Å². The average Bonchev–Trinajstić information content (AvgIpc) is 3.17. The second-order valence-corrected chi connectivity index (χ2v) is 5.60. The first kappa shape index (κ1) is 16.8. The van der Waals surface area contributed by atoms with E-state index in [1.165, 1.54) is 0 Å². The molecule has 0 unspecified atom stereocenters. The third-order valence-electron chi connectivity index (χ3n) is 3.18. The van der Waals surface area contributed by atoms with Gasteiger partial charge in [0, 0.05) is 25.7 Å². The summed E-state index contributed by atoms with van der Waals surface area (Å²) in [5, 5.41) is 11.5. The molecule has 0 saturated heterocycles. The number of carbonyl (C=O) groups excluding carboxylic acids is 1. The van der Waals surface area contributed by atoms with Crippen LogP contribution in [0, 0.1) is 5.92 Å². The molecule has 1 saturated carbocycles. The smallest absolute Gasteiger partial charge is 0.317 e. The minimum Gasteiger partial charge on any atom is -0.481 e. The maximum Gasteiger partial charge on any atom is 0.317 e. The van der Waals surface area contributed by atoms with Crippen LogP contribution in [-0.4, -0.2) is 54.4 Å². The molecule has 116 valence electrons. The number of nitrogens with one attached hydrogen (secondary N) is 1. The van der Waals surface area contributed by atoms with Crippen LogP contribution in [0.5, 0.6) is 0 Å². The number of nitrogens with zero attached hydrogens (tertiary/aromatic N) is 1. The zero-order valence-electron chi connectivity index (χ0n) is 12.4. The Bertz CT molecular complexity index is 316. The summed E-state index contributed by atoms with van der Waals surface area (Å²) in [4.78, 5) is 24.1. The lowest BCUT2D eigenvalue weighted by molar-refractivity contribution is -0.137. The van der Waals surface area contributed by atoms with Crippen LogP contribution >= 0.6 is 0 Å². The number of ether oxygens (including phenoxy) is 1. The van der Waals surface area contributed by atoms with Crippen molar-refractivity contribution in [3.8, 4) is 0 Å². The summed E-state index contributed by atoms with van der Waals surface area (Å²) >= 11 is 0. The quantitative estimate of drug-likeness (QED) is 0.599. The van der Waals surface area contributed by atoms with Crippen molar-refractivity contribution in [3.63, 3.8) is 0 Å². The molecule has 1 aliphatic carbocycles. The van der Waals surface area contributed by atoms with Gasteiger partial charge in [0.25, 0.3) is 0 Å². The second kappa shape index (κ2) is 8.79. The van der Waals surface area contributed by atoms with Crippen LogP contribution in [0.3, 0.4) is 0 Å². The summed E-state index contributed by atoms with van der Waals surface area (Å²) in [6.45, 7) is 6.23. The Labute approximate surface area is 120 Å². The zero-order valence-corrected chi connectivity index (χ0v) is 12.4. The Morgan fingerprint density at radius 1 is 1.35 bits per heavy atom. The van der Waals surface area contributed by atoms with Crippen LogP contribution in [0.2, 0.25) is 0 Å². The third kappa shape index (κ3) is 7.33. The van der Waals surface area contributed by atoms with Crippen molar-refractivity contribution in [1.29, 1.82) is 0 Å². The molecule has 0 aromatic rings. The van der Waals surface area contributed by atoms with Gasteiger partial charge in [-0.25, -0.2) is 4.79 Å². The van der Waals surface area contributed by atoms with Gasteiger partial charge in [0.1, 0.15) is 0 Å². The molecule has 1 rings (SSSR count). The number of carboxylic acid groups (broad SMARTS) is 1. The van der Waals surface area contributed by atoms with Gasteiger partial charge in [0.05, 0.1) is 13.0 Å². The van der Waals surface area contributed by atoms with Gasteiger partial charge >= 0.3 is 12.0 Å². The summed E-state index contributed by atoms with van der Waals surface area (Å²) in [5.41, 5.74) is 0. The molecule has 0 radical (unpaired) electrons. The number of carbonyl (C=O) groups is 2. The van der Waals surface area contributed by atoms with Crippen LogP contribution in [0.25, 0.3) is 0 Å². The van der Waals surface area contributed by atoms with Gasteiger partial charge in [-0.2, -0.15) is 0 Å². The van der Waals surface area contributed by atoms with E-state index in [-0.39, 0.29) is 25.0 Å². The Balaban J connectivity index is 2.13. The molecule has 6 nitrogen and oxygen atoms in total. The maximum atomic E-state index is 11.9. The predicted octanol–water partition coefficient (Wildman–Crippen LogP) is 1.70. The van der Waals surface area contributed by atoms with Crippen molar-refractivity contribution in [1.82, 2.24) is 10.2 Å². The highest BCUT2D eigenvalue weighted by atomic mass is 16.5. The lowest BCUT2D eigenvalue weighted by Gasteiger charge is -2.22. The first-order valence-electron chi connectivity index (χ1n) is 7.34. The highest BCUT2D eigenvalue weighted by Gasteiger charge is 2.32. The van der Waals surface area contributed by atoms with Crippen molar-refractivity contribution >= 4 is 12.0 Å². The van der Waals surface area contributed by atoms with Crippen LogP contribution in [0.1, 0.15) is 39.5 Å². The number of hydrogen-bond donors (Lipinski definition) is 2. The first-order chi connectivity index (χ1) is 9.50. The number of amides is 2. The molecule has 0 heterocycles. The minimum atomic E-state index is -0.875. The Kier molecular flexibility index (Phi) is 7.36. The molecule has 0 spiro atoms. The molecule has 1 aliphatic rings. The van der Waals surface area contributed by atoms with E-state index in [4.69, 9.17) is 9.84 Å². The summed E-state index contributed by atoms with van der Waals surface area (Å²) in [7, 11) is 0. The van der Waals surface area contributed by atoms with Gasteiger partial charge in [-0.05, 0) is 25.2 Å². The molecule has 0 bridgehead atoms. The standard InChI is InChI=1S/C14H26N2O4/c1-11(2)6-9-20-10-7-15-14(19)16(12-3-4-12)8-5-13(17)18/h11-12H,3-10H2,1-2H3,(H,15,19)(H,17,18). The van der Waals surface area contributed by atoms with Gasteiger partial charge < -0.3 is 20.1 Å². The van der Waals surface area contributed by atoms with Crippen molar-refractivity contribution in [2.24, 2.45) is 5.92 Å². The van der Waals surface area contributed by atoms with E-state index < -0.39 is 5.97 Å². The third-order valence-corrected chi connectivity index (χ3v) is 3.18. The Morgan fingerprint density at radius 2 is 2.05 bits per heavy atom. The molecule has 0 aliphatic heterocycles. The zero-order chi connectivity index (χ0) is 15.0. The monoisotopic (exact) mass is 286 g/mol. The molecule has 6 heteroatoms. The van der Waals surface area contributed by atoms with Gasteiger partial charge in [-0.3, -0.25) is 4.79 Å². The van der Waals surface area contributed by atoms with E-state index in [1.54, 1.807) is 4.90 Å².